The summed E-state index contributed by atoms with van der Waals surface area (Å²) in [7, 11) is 0. The largest absolute Gasteiger partial charge is 0.392 e. The van der Waals surface area contributed by atoms with Crippen molar-refractivity contribution < 1.29 is 14.3 Å². The van der Waals surface area contributed by atoms with Crippen LogP contribution >= 0.6 is 0 Å². The molecule has 0 saturated heterocycles. The first kappa shape index (κ1) is 15.9. The molecule has 5 nitrogen and oxygen atoms in total. The molecule has 1 aromatic heterocycles. The lowest BCUT2D eigenvalue weighted by Gasteiger charge is -2.05. The van der Waals surface area contributed by atoms with Gasteiger partial charge in [0.15, 0.2) is 5.69 Å². The number of aryl methyl sites for hydroxylation is 1. The SMILES string of the molecule is Cc1cc(C(=O)Nc2cccc(CO)c2)nn1-c1cccc(F)c1. The van der Waals surface area contributed by atoms with Crippen LogP contribution in [0.5, 0.6) is 0 Å². The van der Waals surface area contributed by atoms with Crippen molar-refractivity contribution in [2.75, 3.05) is 5.32 Å². The van der Waals surface area contributed by atoms with Gasteiger partial charge in [-0.05, 0) is 48.9 Å². The summed E-state index contributed by atoms with van der Waals surface area (Å²) in [6.45, 7) is 1.69. The summed E-state index contributed by atoms with van der Waals surface area (Å²) in [5.41, 5.74) is 2.77. The number of aliphatic hydroxyl groups is 1. The molecular weight excluding hydrogens is 309 g/mol. The Labute approximate surface area is 138 Å². The molecule has 0 bridgehead atoms. The van der Waals surface area contributed by atoms with E-state index in [0.29, 0.717) is 16.9 Å². The zero-order valence-electron chi connectivity index (χ0n) is 13.0. The second-order valence-corrected chi connectivity index (χ2v) is 5.38. The van der Waals surface area contributed by atoms with E-state index in [1.807, 2.05) is 0 Å². The van der Waals surface area contributed by atoms with Crippen LogP contribution in [0, 0.1) is 12.7 Å². The molecular formula is C18H16FN3O2. The summed E-state index contributed by atoms with van der Waals surface area (Å²) >= 11 is 0. The molecule has 0 aliphatic rings. The number of aromatic nitrogens is 2. The number of nitrogens with zero attached hydrogens (tertiary/aromatic N) is 2. The summed E-state index contributed by atoms with van der Waals surface area (Å²) in [5, 5.41) is 16.1. The highest BCUT2D eigenvalue weighted by atomic mass is 19.1. The third-order valence-corrected chi connectivity index (χ3v) is 3.54. The molecule has 0 aliphatic heterocycles. The molecule has 2 N–H and O–H groups in total. The monoisotopic (exact) mass is 325 g/mol. The van der Waals surface area contributed by atoms with Crippen molar-refractivity contribution in [1.82, 2.24) is 9.78 Å². The lowest BCUT2D eigenvalue weighted by atomic mass is 10.2. The summed E-state index contributed by atoms with van der Waals surface area (Å²) in [4.78, 5) is 12.4. The molecule has 1 amide bonds. The van der Waals surface area contributed by atoms with E-state index in [9.17, 15) is 9.18 Å². The molecule has 0 saturated carbocycles. The third-order valence-electron chi connectivity index (χ3n) is 3.54. The topological polar surface area (TPSA) is 67.2 Å². The number of halogens is 1. The van der Waals surface area contributed by atoms with E-state index in [1.54, 1.807) is 49.4 Å². The lowest BCUT2D eigenvalue weighted by Crippen LogP contribution is -2.13. The normalized spacial score (nSPS) is 10.6. The molecule has 0 atom stereocenters. The van der Waals surface area contributed by atoms with Gasteiger partial charge in [-0.3, -0.25) is 4.79 Å². The van der Waals surface area contributed by atoms with Crippen LogP contribution in [0.15, 0.2) is 54.6 Å². The molecule has 6 heteroatoms. The first-order chi connectivity index (χ1) is 11.6. The molecule has 122 valence electrons. The van der Waals surface area contributed by atoms with E-state index in [0.717, 1.165) is 5.69 Å². The predicted octanol–water partition coefficient (Wildman–Crippen LogP) is 3.06. The number of carbonyl (C=O) groups is 1. The predicted molar refractivity (Wildman–Crippen MR) is 88.6 cm³/mol. The van der Waals surface area contributed by atoms with Crippen molar-refractivity contribution in [3.05, 3.63) is 77.4 Å². The van der Waals surface area contributed by atoms with Gasteiger partial charge < -0.3 is 10.4 Å². The third kappa shape index (κ3) is 3.33. The molecule has 0 spiro atoms. The highest BCUT2D eigenvalue weighted by molar-refractivity contribution is 6.03. The minimum atomic E-state index is -0.372. The van der Waals surface area contributed by atoms with Gasteiger partial charge in [0.2, 0.25) is 0 Å². The number of rotatable bonds is 4. The number of amides is 1. The molecule has 1 heterocycles. The van der Waals surface area contributed by atoms with E-state index >= 15 is 0 Å². The van der Waals surface area contributed by atoms with Crippen LogP contribution in [0.25, 0.3) is 5.69 Å². The Hall–Kier alpha value is -2.99. The van der Waals surface area contributed by atoms with Crippen LogP contribution in [0.4, 0.5) is 10.1 Å². The molecule has 0 fully saturated rings. The highest BCUT2D eigenvalue weighted by Gasteiger charge is 2.14. The first-order valence-electron chi connectivity index (χ1n) is 7.40. The van der Waals surface area contributed by atoms with Gasteiger partial charge >= 0.3 is 0 Å². The smallest absolute Gasteiger partial charge is 0.276 e. The van der Waals surface area contributed by atoms with Crippen molar-refractivity contribution in [1.29, 1.82) is 0 Å². The Morgan fingerprint density at radius 1 is 1.21 bits per heavy atom. The number of nitrogens with one attached hydrogen (secondary N) is 1. The fourth-order valence-corrected chi connectivity index (χ4v) is 2.40. The Morgan fingerprint density at radius 2 is 2.00 bits per heavy atom. The Bertz CT molecular complexity index is 889. The number of anilines is 1. The van der Waals surface area contributed by atoms with Crippen LogP contribution in [-0.4, -0.2) is 20.8 Å². The average molecular weight is 325 g/mol. The number of benzene rings is 2. The Kier molecular flexibility index (Phi) is 4.39. The number of aliphatic hydroxyl groups excluding tert-OH is 1. The summed E-state index contributed by atoms with van der Waals surface area (Å²) in [5.74, 6) is -0.738. The van der Waals surface area contributed by atoms with Gasteiger partial charge in [-0.25, -0.2) is 9.07 Å². The van der Waals surface area contributed by atoms with Crippen molar-refractivity contribution in [2.45, 2.75) is 13.5 Å². The molecule has 2 aromatic carbocycles. The molecule has 0 radical (unpaired) electrons. The van der Waals surface area contributed by atoms with Crippen molar-refractivity contribution in [3.8, 4) is 5.69 Å². The standard InChI is InChI=1S/C18H16FN3O2/c1-12-8-17(21-22(12)16-7-3-5-14(19)10-16)18(24)20-15-6-2-4-13(9-15)11-23/h2-10,23H,11H2,1H3,(H,20,24). The fraction of sp³-hybridized carbons (Fsp3) is 0.111. The molecule has 3 aromatic rings. The van der Waals surface area contributed by atoms with Crippen molar-refractivity contribution in [3.63, 3.8) is 0 Å². The maximum absolute atomic E-state index is 13.4. The second kappa shape index (κ2) is 6.64. The van der Waals surface area contributed by atoms with Gasteiger partial charge in [0.25, 0.3) is 5.91 Å². The molecule has 24 heavy (non-hydrogen) atoms. The Morgan fingerprint density at radius 3 is 2.75 bits per heavy atom. The van der Waals surface area contributed by atoms with Crippen LogP contribution < -0.4 is 5.32 Å². The van der Waals surface area contributed by atoms with Gasteiger partial charge in [0, 0.05) is 11.4 Å². The quantitative estimate of drug-likeness (QED) is 0.775. The maximum atomic E-state index is 13.4. The summed E-state index contributed by atoms with van der Waals surface area (Å²) in [6.07, 6.45) is 0. The molecule has 0 unspecified atom stereocenters. The number of carbonyl (C=O) groups excluding carboxylic acids is 1. The van der Waals surface area contributed by atoms with Crippen LogP contribution in [0.2, 0.25) is 0 Å². The molecule has 0 aliphatic carbocycles. The van der Waals surface area contributed by atoms with Gasteiger partial charge in [-0.2, -0.15) is 5.10 Å². The van der Waals surface area contributed by atoms with Crippen LogP contribution in [-0.2, 0) is 6.61 Å². The fourth-order valence-electron chi connectivity index (χ4n) is 2.40. The van der Waals surface area contributed by atoms with E-state index in [4.69, 9.17) is 5.11 Å². The zero-order valence-corrected chi connectivity index (χ0v) is 13.0. The van der Waals surface area contributed by atoms with Gasteiger partial charge in [-0.15, -0.1) is 0 Å². The molecule has 3 rings (SSSR count). The summed E-state index contributed by atoms with van der Waals surface area (Å²) < 4.78 is 14.9. The van der Waals surface area contributed by atoms with E-state index in [-0.39, 0.29) is 24.0 Å². The average Bonchev–Trinajstić information content (AvgIpc) is 2.97. The van der Waals surface area contributed by atoms with E-state index in [2.05, 4.69) is 10.4 Å². The van der Waals surface area contributed by atoms with Gasteiger partial charge in [0.1, 0.15) is 5.82 Å². The van der Waals surface area contributed by atoms with E-state index < -0.39 is 0 Å². The maximum Gasteiger partial charge on any atom is 0.276 e. The minimum absolute atomic E-state index is 0.100. The highest BCUT2D eigenvalue weighted by Crippen LogP contribution is 2.16. The number of hydrogen-bond donors (Lipinski definition) is 2. The second-order valence-electron chi connectivity index (χ2n) is 5.38. The lowest BCUT2D eigenvalue weighted by molar-refractivity contribution is 0.102. The van der Waals surface area contributed by atoms with Gasteiger partial charge in [0.05, 0.1) is 12.3 Å². The van der Waals surface area contributed by atoms with E-state index in [1.165, 1.54) is 16.8 Å². The first-order valence-corrected chi connectivity index (χ1v) is 7.40. The van der Waals surface area contributed by atoms with Crippen LogP contribution in [0.1, 0.15) is 21.7 Å². The minimum Gasteiger partial charge on any atom is -0.392 e. The summed E-state index contributed by atoms with van der Waals surface area (Å²) in [6, 6.07) is 14.6. The van der Waals surface area contributed by atoms with Crippen LogP contribution in [0.3, 0.4) is 0 Å². The zero-order chi connectivity index (χ0) is 17.1. The Balaban J connectivity index is 1.85. The van der Waals surface area contributed by atoms with Gasteiger partial charge in [-0.1, -0.05) is 18.2 Å². The van der Waals surface area contributed by atoms with Crippen molar-refractivity contribution >= 4 is 11.6 Å². The number of hydrogen-bond acceptors (Lipinski definition) is 3. The van der Waals surface area contributed by atoms with Crippen molar-refractivity contribution in [2.24, 2.45) is 0 Å².